The van der Waals surface area contributed by atoms with Crippen LogP contribution in [-0.4, -0.2) is 24.5 Å². The third-order valence-electron chi connectivity index (χ3n) is 3.64. The van der Waals surface area contributed by atoms with Crippen molar-refractivity contribution in [3.8, 4) is 0 Å². The average Bonchev–Trinajstić information content (AvgIpc) is 2.71. The van der Waals surface area contributed by atoms with Gasteiger partial charge in [-0.3, -0.25) is 4.90 Å². The van der Waals surface area contributed by atoms with Crippen LogP contribution in [0.15, 0.2) is 10.5 Å². The third-order valence-corrected chi connectivity index (χ3v) is 3.64. The Morgan fingerprint density at radius 2 is 2.06 bits per heavy atom. The van der Waals surface area contributed by atoms with Gasteiger partial charge in [-0.1, -0.05) is 13.3 Å². The molecule has 102 valence electrons. The van der Waals surface area contributed by atoms with Gasteiger partial charge in [0.25, 0.3) is 0 Å². The number of hydrogen-bond donors (Lipinski definition) is 1. The lowest BCUT2D eigenvalue weighted by Gasteiger charge is -2.25. The maximum Gasteiger partial charge on any atom is 0.118 e. The highest BCUT2D eigenvalue weighted by Gasteiger charge is 2.14. The molecule has 1 N–H and O–H groups in total. The second kappa shape index (κ2) is 6.95. The topological polar surface area (TPSA) is 28.4 Å². The van der Waals surface area contributed by atoms with Crippen molar-refractivity contribution in [3.05, 3.63) is 23.2 Å². The van der Waals surface area contributed by atoms with Crippen molar-refractivity contribution in [1.29, 1.82) is 0 Å². The molecule has 0 spiro atoms. The van der Waals surface area contributed by atoms with Crippen LogP contribution in [0.25, 0.3) is 0 Å². The normalized spacial score (nSPS) is 17.2. The Morgan fingerprint density at radius 3 is 2.78 bits per heavy atom. The van der Waals surface area contributed by atoms with Gasteiger partial charge in [-0.2, -0.15) is 0 Å². The summed E-state index contributed by atoms with van der Waals surface area (Å²) >= 11 is 0. The van der Waals surface area contributed by atoms with E-state index >= 15 is 0 Å². The lowest BCUT2D eigenvalue weighted by atomic mass is 10.1. The molecule has 2 rings (SSSR count). The molecule has 1 aromatic rings. The smallest absolute Gasteiger partial charge is 0.118 e. The molecule has 0 atom stereocenters. The van der Waals surface area contributed by atoms with E-state index in [-0.39, 0.29) is 0 Å². The summed E-state index contributed by atoms with van der Waals surface area (Å²) in [4.78, 5) is 2.50. The monoisotopic (exact) mass is 250 g/mol. The van der Waals surface area contributed by atoms with Gasteiger partial charge in [-0.15, -0.1) is 0 Å². The molecule has 0 aromatic carbocycles. The van der Waals surface area contributed by atoms with Gasteiger partial charge in [0, 0.05) is 12.1 Å². The van der Waals surface area contributed by atoms with E-state index in [0.717, 1.165) is 31.2 Å². The van der Waals surface area contributed by atoms with E-state index in [2.05, 4.69) is 30.1 Å². The van der Waals surface area contributed by atoms with Crippen molar-refractivity contribution in [2.75, 3.05) is 19.6 Å². The fraction of sp³-hybridized carbons (Fsp3) is 0.733. The lowest BCUT2D eigenvalue weighted by molar-refractivity contribution is 0.204. The first-order valence-corrected chi connectivity index (χ1v) is 7.31. The highest BCUT2D eigenvalue weighted by molar-refractivity contribution is 5.20. The van der Waals surface area contributed by atoms with Gasteiger partial charge in [0.1, 0.15) is 11.5 Å². The van der Waals surface area contributed by atoms with Crippen LogP contribution in [0.2, 0.25) is 0 Å². The van der Waals surface area contributed by atoms with E-state index in [1.54, 1.807) is 0 Å². The quantitative estimate of drug-likeness (QED) is 0.787. The summed E-state index contributed by atoms with van der Waals surface area (Å²) in [6.45, 7) is 9.70. The molecule has 0 aliphatic carbocycles. The molecule has 0 unspecified atom stereocenters. The Labute approximate surface area is 111 Å². The van der Waals surface area contributed by atoms with Gasteiger partial charge in [0.2, 0.25) is 0 Å². The number of aryl methyl sites for hydroxylation is 1. The fourth-order valence-electron chi connectivity index (χ4n) is 2.58. The highest BCUT2D eigenvalue weighted by atomic mass is 16.3. The van der Waals surface area contributed by atoms with Crippen LogP contribution in [0.4, 0.5) is 0 Å². The Bertz CT molecular complexity index is 353. The zero-order valence-electron chi connectivity index (χ0n) is 11.8. The van der Waals surface area contributed by atoms with Crippen molar-refractivity contribution in [2.45, 2.75) is 52.6 Å². The molecular formula is C15H26N2O. The minimum Gasteiger partial charge on any atom is -0.465 e. The molecular weight excluding hydrogens is 224 g/mol. The minimum absolute atomic E-state index is 0.934. The zero-order chi connectivity index (χ0) is 12.8. The summed E-state index contributed by atoms with van der Waals surface area (Å²) in [5, 5.41) is 3.44. The highest BCUT2D eigenvalue weighted by Crippen LogP contribution is 2.18. The van der Waals surface area contributed by atoms with Gasteiger partial charge in [-0.25, -0.2) is 0 Å². The maximum atomic E-state index is 5.87. The van der Waals surface area contributed by atoms with Crippen molar-refractivity contribution in [1.82, 2.24) is 10.2 Å². The third kappa shape index (κ3) is 3.85. The fourth-order valence-corrected chi connectivity index (χ4v) is 2.58. The number of piperidine rings is 1. The van der Waals surface area contributed by atoms with E-state index in [9.17, 15) is 0 Å². The van der Waals surface area contributed by atoms with Crippen LogP contribution in [0.5, 0.6) is 0 Å². The second-order valence-corrected chi connectivity index (χ2v) is 5.31. The number of nitrogens with zero attached hydrogens (tertiary/aromatic N) is 1. The maximum absolute atomic E-state index is 5.87. The summed E-state index contributed by atoms with van der Waals surface area (Å²) in [5.41, 5.74) is 1.32. The van der Waals surface area contributed by atoms with E-state index in [1.165, 1.54) is 44.3 Å². The predicted molar refractivity (Wildman–Crippen MR) is 74.6 cm³/mol. The summed E-state index contributed by atoms with van der Waals surface area (Å²) in [6, 6.07) is 2.23. The second-order valence-electron chi connectivity index (χ2n) is 5.31. The lowest BCUT2D eigenvalue weighted by Crippen LogP contribution is -2.28. The molecule has 0 amide bonds. The number of rotatable bonds is 6. The first-order valence-electron chi connectivity index (χ1n) is 7.31. The van der Waals surface area contributed by atoms with Crippen molar-refractivity contribution in [2.24, 2.45) is 0 Å². The molecule has 0 saturated carbocycles. The van der Waals surface area contributed by atoms with Crippen molar-refractivity contribution in [3.63, 3.8) is 0 Å². The van der Waals surface area contributed by atoms with Crippen LogP contribution in [0.3, 0.4) is 0 Å². The summed E-state index contributed by atoms with van der Waals surface area (Å²) in [6.07, 6.45) is 5.24. The molecule has 1 aromatic heterocycles. The molecule has 1 fully saturated rings. The SMILES string of the molecule is CCCNCc1cc(CN2CCCCC2)oc1C. The predicted octanol–water partition coefficient (Wildman–Crippen LogP) is 3.07. The average molecular weight is 250 g/mol. The largest absolute Gasteiger partial charge is 0.465 e. The van der Waals surface area contributed by atoms with Crippen LogP contribution in [-0.2, 0) is 13.1 Å². The van der Waals surface area contributed by atoms with Crippen molar-refractivity contribution >= 4 is 0 Å². The number of likely N-dealkylation sites (tertiary alicyclic amines) is 1. The van der Waals surface area contributed by atoms with E-state index in [1.807, 2.05) is 0 Å². The molecule has 3 nitrogen and oxygen atoms in total. The van der Waals surface area contributed by atoms with E-state index < -0.39 is 0 Å². The Balaban J connectivity index is 1.86. The van der Waals surface area contributed by atoms with Crippen LogP contribution < -0.4 is 5.32 Å². The van der Waals surface area contributed by atoms with Crippen LogP contribution in [0, 0.1) is 6.92 Å². The zero-order valence-corrected chi connectivity index (χ0v) is 11.8. The molecule has 0 bridgehead atoms. The van der Waals surface area contributed by atoms with E-state index in [0.29, 0.717) is 0 Å². The van der Waals surface area contributed by atoms with E-state index in [4.69, 9.17) is 4.42 Å². The van der Waals surface area contributed by atoms with Crippen LogP contribution >= 0.6 is 0 Å². The Kier molecular flexibility index (Phi) is 5.26. The first kappa shape index (κ1) is 13.6. The first-order chi connectivity index (χ1) is 8.79. The van der Waals surface area contributed by atoms with Crippen molar-refractivity contribution < 1.29 is 4.42 Å². The summed E-state index contributed by atoms with van der Waals surface area (Å²) in [7, 11) is 0. The Hall–Kier alpha value is -0.800. The molecule has 18 heavy (non-hydrogen) atoms. The van der Waals surface area contributed by atoms with Gasteiger partial charge in [0.15, 0.2) is 0 Å². The standard InChI is InChI=1S/C15H26N2O/c1-3-7-16-11-14-10-15(18-13(14)2)12-17-8-5-4-6-9-17/h10,16H,3-9,11-12H2,1-2H3. The Morgan fingerprint density at radius 1 is 1.28 bits per heavy atom. The molecule has 3 heteroatoms. The number of furan rings is 1. The molecule has 1 aliphatic heterocycles. The van der Waals surface area contributed by atoms with Crippen LogP contribution in [0.1, 0.15) is 49.7 Å². The number of hydrogen-bond acceptors (Lipinski definition) is 3. The van der Waals surface area contributed by atoms with Gasteiger partial charge in [-0.05, 0) is 51.9 Å². The summed E-state index contributed by atoms with van der Waals surface area (Å²) in [5.74, 6) is 2.20. The van der Waals surface area contributed by atoms with Gasteiger partial charge >= 0.3 is 0 Å². The summed E-state index contributed by atoms with van der Waals surface area (Å²) < 4.78 is 5.87. The molecule has 1 aliphatic rings. The minimum atomic E-state index is 0.934. The van der Waals surface area contributed by atoms with Gasteiger partial charge < -0.3 is 9.73 Å². The molecule has 0 radical (unpaired) electrons. The van der Waals surface area contributed by atoms with Gasteiger partial charge in [0.05, 0.1) is 6.54 Å². The number of nitrogens with one attached hydrogen (secondary N) is 1. The molecule has 2 heterocycles. The molecule has 1 saturated heterocycles.